The third kappa shape index (κ3) is 3.10. The summed E-state index contributed by atoms with van der Waals surface area (Å²) < 4.78 is 0. The van der Waals surface area contributed by atoms with Gasteiger partial charge < -0.3 is 10.0 Å². The fraction of sp³-hybridized carbons (Fsp3) is 0.238. The number of amides is 1. The fourth-order valence-corrected chi connectivity index (χ4v) is 4.74. The maximum absolute atomic E-state index is 13.2. The molecule has 146 valence electrons. The molecule has 7 nitrogen and oxygen atoms in total. The number of aromatic nitrogens is 4. The molecule has 1 fully saturated rings. The molecule has 5 rings (SSSR count). The topological polar surface area (TPSA) is 95.0 Å². The average Bonchev–Trinajstić information content (AvgIpc) is 3.46. The highest BCUT2D eigenvalue weighted by molar-refractivity contribution is 7.18. The van der Waals surface area contributed by atoms with Crippen molar-refractivity contribution in [1.82, 2.24) is 25.1 Å². The Morgan fingerprint density at radius 2 is 2.21 bits per heavy atom. The normalized spacial score (nSPS) is 16.6. The highest BCUT2D eigenvalue weighted by atomic mass is 32.1. The molecule has 1 amide bonds. The number of aromatic amines is 1. The molecule has 0 spiro atoms. The van der Waals surface area contributed by atoms with Crippen molar-refractivity contribution in [2.45, 2.75) is 19.4 Å². The highest BCUT2D eigenvalue weighted by Crippen LogP contribution is 2.38. The Balaban J connectivity index is 1.65. The van der Waals surface area contributed by atoms with E-state index in [1.54, 1.807) is 17.3 Å². The zero-order chi connectivity index (χ0) is 20.0. The van der Waals surface area contributed by atoms with Crippen molar-refractivity contribution in [2.75, 3.05) is 13.1 Å². The number of β-amino-alcohol motifs (C(OH)–C–C–N with tert-alkyl or cyclic N) is 1. The van der Waals surface area contributed by atoms with Crippen LogP contribution in [0.5, 0.6) is 0 Å². The van der Waals surface area contributed by atoms with E-state index < -0.39 is 6.10 Å². The number of H-pyrrole nitrogens is 1. The number of pyridine rings is 1. The SMILES string of the molecule is Cc1cccc2c(-c3nc(C(=O)N4CC[C@@H](O)C4)c(-c4cccnc4)s3)[nH]nc12. The Morgan fingerprint density at radius 1 is 1.31 bits per heavy atom. The number of hydrogen-bond acceptors (Lipinski definition) is 6. The minimum atomic E-state index is -0.474. The van der Waals surface area contributed by atoms with Gasteiger partial charge >= 0.3 is 0 Å². The number of likely N-dealkylation sites (tertiary alicyclic amines) is 1. The number of nitrogens with one attached hydrogen (secondary N) is 1. The van der Waals surface area contributed by atoms with Crippen LogP contribution in [-0.4, -0.2) is 55.3 Å². The Kier molecular flexibility index (Phi) is 4.37. The van der Waals surface area contributed by atoms with E-state index in [0.717, 1.165) is 32.6 Å². The quantitative estimate of drug-likeness (QED) is 0.545. The first-order valence-electron chi connectivity index (χ1n) is 9.44. The standard InChI is InChI=1S/C21H19N5O2S/c1-12-4-2-6-15-16(12)24-25-17(15)20-23-18(21(28)26-9-7-14(27)11-26)19(29-20)13-5-3-8-22-10-13/h2-6,8,10,14,27H,7,9,11H2,1H3,(H,24,25)/t14-/m1/s1. The largest absolute Gasteiger partial charge is 0.391 e. The van der Waals surface area contributed by atoms with Crippen LogP contribution in [0.4, 0.5) is 0 Å². The van der Waals surface area contributed by atoms with Gasteiger partial charge in [0.1, 0.15) is 16.4 Å². The van der Waals surface area contributed by atoms with Gasteiger partial charge in [-0.2, -0.15) is 5.10 Å². The number of benzene rings is 1. The summed E-state index contributed by atoms with van der Waals surface area (Å²) in [5.41, 5.74) is 4.02. The molecule has 4 aromatic rings. The van der Waals surface area contributed by atoms with E-state index in [4.69, 9.17) is 4.98 Å². The molecular weight excluding hydrogens is 386 g/mol. The second-order valence-corrected chi connectivity index (χ2v) is 8.20. The number of para-hydroxylation sites is 1. The predicted octanol–water partition coefficient (Wildman–Crippen LogP) is 3.26. The van der Waals surface area contributed by atoms with E-state index in [1.165, 1.54) is 11.3 Å². The molecule has 29 heavy (non-hydrogen) atoms. The van der Waals surface area contributed by atoms with E-state index in [0.29, 0.717) is 30.2 Å². The lowest BCUT2D eigenvalue weighted by Crippen LogP contribution is -2.30. The molecule has 0 saturated carbocycles. The summed E-state index contributed by atoms with van der Waals surface area (Å²) in [5, 5.41) is 19.1. The molecule has 1 atom stereocenters. The smallest absolute Gasteiger partial charge is 0.274 e. The summed E-state index contributed by atoms with van der Waals surface area (Å²) in [4.78, 5) is 24.6. The molecule has 4 heterocycles. The summed E-state index contributed by atoms with van der Waals surface area (Å²) in [6.45, 7) is 2.89. The van der Waals surface area contributed by atoms with Gasteiger partial charge in [0, 0.05) is 36.4 Å². The summed E-state index contributed by atoms with van der Waals surface area (Å²) >= 11 is 1.45. The molecule has 0 radical (unpaired) electrons. The van der Waals surface area contributed by atoms with Gasteiger partial charge in [0.15, 0.2) is 0 Å². The van der Waals surface area contributed by atoms with Gasteiger partial charge in [-0.05, 0) is 25.0 Å². The maximum atomic E-state index is 13.2. The summed E-state index contributed by atoms with van der Waals surface area (Å²) in [7, 11) is 0. The Hall–Kier alpha value is -3.10. The van der Waals surface area contributed by atoms with Crippen LogP contribution in [0.25, 0.3) is 32.0 Å². The predicted molar refractivity (Wildman–Crippen MR) is 112 cm³/mol. The van der Waals surface area contributed by atoms with E-state index in [2.05, 4.69) is 15.2 Å². The summed E-state index contributed by atoms with van der Waals surface area (Å²) in [6.07, 6.45) is 3.56. The number of fused-ring (bicyclic) bond motifs is 1. The molecule has 0 bridgehead atoms. The molecule has 0 aliphatic carbocycles. The zero-order valence-corrected chi connectivity index (χ0v) is 16.6. The molecule has 8 heteroatoms. The van der Waals surface area contributed by atoms with Gasteiger partial charge in [0.25, 0.3) is 5.91 Å². The highest BCUT2D eigenvalue weighted by Gasteiger charge is 2.30. The number of aryl methyl sites for hydroxylation is 1. The number of rotatable bonds is 3. The van der Waals surface area contributed by atoms with Gasteiger partial charge in [-0.1, -0.05) is 24.3 Å². The van der Waals surface area contributed by atoms with Crippen molar-refractivity contribution in [3.63, 3.8) is 0 Å². The van der Waals surface area contributed by atoms with Crippen LogP contribution in [0, 0.1) is 6.92 Å². The van der Waals surface area contributed by atoms with Crippen molar-refractivity contribution in [3.05, 3.63) is 54.0 Å². The van der Waals surface area contributed by atoms with Gasteiger partial charge in [-0.15, -0.1) is 11.3 Å². The number of aliphatic hydroxyl groups excluding tert-OH is 1. The first-order valence-corrected chi connectivity index (χ1v) is 10.3. The van der Waals surface area contributed by atoms with Gasteiger partial charge in [-0.25, -0.2) is 4.98 Å². The van der Waals surface area contributed by atoms with Crippen molar-refractivity contribution < 1.29 is 9.90 Å². The van der Waals surface area contributed by atoms with Gasteiger partial charge in [0.05, 0.1) is 16.5 Å². The van der Waals surface area contributed by atoms with E-state index in [-0.39, 0.29) is 5.91 Å². The maximum Gasteiger partial charge on any atom is 0.274 e. The van der Waals surface area contributed by atoms with Crippen LogP contribution < -0.4 is 0 Å². The van der Waals surface area contributed by atoms with E-state index in [9.17, 15) is 9.90 Å². The summed E-state index contributed by atoms with van der Waals surface area (Å²) in [6, 6.07) is 9.78. The molecule has 3 aromatic heterocycles. The molecule has 1 aliphatic rings. The average molecular weight is 405 g/mol. The Bertz CT molecular complexity index is 1200. The minimum absolute atomic E-state index is 0.164. The lowest BCUT2D eigenvalue weighted by molar-refractivity contribution is 0.0761. The third-order valence-electron chi connectivity index (χ3n) is 5.20. The van der Waals surface area contributed by atoms with Crippen molar-refractivity contribution in [1.29, 1.82) is 0 Å². The van der Waals surface area contributed by atoms with Crippen LogP contribution in [0.2, 0.25) is 0 Å². The van der Waals surface area contributed by atoms with E-state index >= 15 is 0 Å². The van der Waals surface area contributed by atoms with Crippen molar-refractivity contribution in [3.8, 4) is 21.1 Å². The van der Waals surface area contributed by atoms with Gasteiger partial charge in [-0.3, -0.25) is 14.9 Å². The number of thiazole rings is 1. The molecule has 1 saturated heterocycles. The molecule has 2 N–H and O–H groups in total. The molecule has 1 aliphatic heterocycles. The fourth-order valence-electron chi connectivity index (χ4n) is 3.68. The van der Waals surface area contributed by atoms with Crippen LogP contribution >= 0.6 is 11.3 Å². The van der Waals surface area contributed by atoms with Crippen LogP contribution in [-0.2, 0) is 0 Å². The van der Waals surface area contributed by atoms with Crippen LogP contribution in [0.1, 0.15) is 22.5 Å². The third-order valence-corrected chi connectivity index (χ3v) is 6.33. The number of aliphatic hydroxyl groups is 1. The zero-order valence-electron chi connectivity index (χ0n) is 15.8. The van der Waals surface area contributed by atoms with Crippen LogP contribution in [0.15, 0.2) is 42.7 Å². The Labute approximate surface area is 171 Å². The molecular formula is C21H19N5O2S. The van der Waals surface area contributed by atoms with Crippen molar-refractivity contribution >= 4 is 28.1 Å². The second kappa shape index (κ2) is 7.06. The monoisotopic (exact) mass is 405 g/mol. The van der Waals surface area contributed by atoms with Gasteiger partial charge in [0.2, 0.25) is 0 Å². The first-order chi connectivity index (χ1) is 14.1. The first kappa shape index (κ1) is 18.0. The van der Waals surface area contributed by atoms with Crippen LogP contribution in [0.3, 0.4) is 0 Å². The number of hydrogen-bond donors (Lipinski definition) is 2. The molecule has 1 aromatic carbocycles. The van der Waals surface area contributed by atoms with Crippen molar-refractivity contribution in [2.24, 2.45) is 0 Å². The number of carbonyl (C=O) groups excluding carboxylic acids is 1. The number of nitrogens with zero attached hydrogens (tertiary/aromatic N) is 4. The number of carbonyl (C=O) groups is 1. The second-order valence-electron chi connectivity index (χ2n) is 7.20. The Morgan fingerprint density at radius 3 is 2.97 bits per heavy atom. The summed E-state index contributed by atoms with van der Waals surface area (Å²) in [5.74, 6) is -0.164. The molecule has 0 unspecified atom stereocenters. The van der Waals surface area contributed by atoms with E-state index in [1.807, 2.05) is 37.3 Å². The lowest BCUT2D eigenvalue weighted by Gasteiger charge is -2.14. The lowest BCUT2D eigenvalue weighted by atomic mass is 10.1. The minimum Gasteiger partial charge on any atom is -0.391 e.